The van der Waals surface area contributed by atoms with Gasteiger partial charge < -0.3 is 20.8 Å². The van der Waals surface area contributed by atoms with E-state index in [0.29, 0.717) is 0 Å². The molecule has 1 aliphatic rings. The zero-order chi connectivity index (χ0) is 42.5. The van der Waals surface area contributed by atoms with Crippen molar-refractivity contribution in [1.29, 1.82) is 0 Å². The minimum absolute atomic E-state index is 0.311. The van der Waals surface area contributed by atoms with Crippen LogP contribution in [0.2, 0.25) is 0 Å². The number of aliphatic hydroxyl groups is 2. The highest BCUT2D eigenvalue weighted by Gasteiger charge is 2.39. The maximum atomic E-state index is 12.9. The Morgan fingerprint density at radius 1 is 0.377 bits per heavy atom. The molecule has 8 aromatic carbocycles. The minimum Gasteiger partial charge on any atom is -0.376 e. The molecular formula is C57H52N2O2. The fraction of sp³-hybridized carbons (Fsp3) is 0.158. The monoisotopic (exact) mass is 796 g/mol. The Morgan fingerprint density at radius 2 is 0.672 bits per heavy atom. The van der Waals surface area contributed by atoms with Crippen LogP contribution in [-0.4, -0.2) is 10.2 Å². The fourth-order valence-corrected chi connectivity index (χ4v) is 9.15. The lowest BCUT2D eigenvalue weighted by Crippen LogP contribution is -2.30. The van der Waals surface area contributed by atoms with Crippen LogP contribution in [0, 0.1) is 27.7 Å². The third kappa shape index (κ3) is 7.02. The molecule has 0 saturated heterocycles. The lowest BCUT2D eigenvalue weighted by molar-refractivity contribution is 0.126. The number of anilines is 4. The summed E-state index contributed by atoms with van der Waals surface area (Å²) >= 11 is 0. The zero-order valence-electron chi connectivity index (χ0n) is 35.7. The number of hydrogen-bond donors (Lipinski definition) is 4. The zero-order valence-corrected chi connectivity index (χ0v) is 35.7. The van der Waals surface area contributed by atoms with Crippen molar-refractivity contribution in [2.24, 2.45) is 0 Å². The summed E-state index contributed by atoms with van der Waals surface area (Å²) in [4.78, 5) is 0. The molecule has 4 heteroatoms. The topological polar surface area (TPSA) is 64.5 Å². The number of rotatable bonds is 10. The van der Waals surface area contributed by atoms with Gasteiger partial charge in [0.2, 0.25) is 0 Å². The first-order valence-corrected chi connectivity index (χ1v) is 21.1. The number of para-hydroxylation sites is 2. The number of aryl methyl sites for hydroxylation is 4. The fourth-order valence-electron chi connectivity index (χ4n) is 9.15. The summed E-state index contributed by atoms with van der Waals surface area (Å²) in [6.45, 7) is 12.8. The number of hydrogen-bond acceptors (Lipinski definition) is 4. The van der Waals surface area contributed by atoms with E-state index in [1.807, 2.05) is 97.1 Å². The Bertz CT molecular complexity index is 2580. The second-order valence-electron chi connectivity index (χ2n) is 17.4. The van der Waals surface area contributed by atoms with Crippen LogP contribution in [-0.2, 0) is 16.6 Å². The average molecular weight is 797 g/mol. The Hall–Kier alpha value is -6.72. The van der Waals surface area contributed by atoms with Crippen LogP contribution in [0.25, 0.3) is 11.1 Å². The first kappa shape index (κ1) is 39.7. The van der Waals surface area contributed by atoms with Crippen LogP contribution in [0.15, 0.2) is 182 Å². The quantitative estimate of drug-likeness (QED) is 0.104. The van der Waals surface area contributed by atoms with E-state index in [0.717, 1.165) is 78.4 Å². The predicted molar refractivity (Wildman–Crippen MR) is 252 cm³/mol. The molecular weight excluding hydrogens is 745 g/mol. The molecule has 302 valence electrons. The molecule has 0 aliphatic heterocycles. The standard InChI is InChI=1S/C57H52N2O2/c1-37-15-23-41(24-16-37)56(60,42-25-17-38(2)18-26-42)49-11-7-9-13-53(49)58-45-31-33-47-48-34-32-46(36-52(48)55(5,6)51(47)35-45)59-54-14-10-8-12-50(54)57(61,43-27-19-39(3)20-28-43)44-29-21-40(4)22-30-44/h7-36,58-61H,1-6H3. The van der Waals surface area contributed by atoms with E-state index in [2.05, 4.69) is 137 Å². The highest BCUT2D eigenvalue weighted by atomic mass is 16.3. The van der Waals surface area contributed by atoms with Crippen molar-refractivity contribution in [3.63, 3.8) is 0 Å². The number of benzene rings is 8. The van der Waals surface area contributed by atoms with E-state index in [-0.39, 0.29) is 5.41 Å². The normalized spacial score (nSPS) is 13.0. The van der Waals surface area contributed by atoms with Gasteiger partial charge in [-0.2, -0.15) is 0 Å². The summed E-state index contributed by atoms with van der Waals surface area (Å²) in [5, 5.41) is 33.3. The number of fused-ring (bicyclic) bond motifs is 3. The van der Waals surface area contributed by atoms with Gasteiger partial charge >= 0.3 is 0 Å². The molecule has 61 heavy (non-hydrogen) atoms. The van der Waals surface area contributed by atoms with Gasteiger partial charge in [0.1, 0.15) is 11.2 Å². The van der Waals surface area contributed by atoms with E-state index in [4.69, 9.17) is 0 Å². The van der Waals surface area contributed by atoms with E-state index < -0.39 is 11.2 Å². The maximum Gasteiger partial charge on any atom is 0.142 e. The van der Waals surface area contributed by atoms with Crippen LogP contribution in [0.1, 0.15) is 80.6 Å². The van der Waals surface area contributed by atoms with Crippen molar-refractivity contribution in [1.82, 2.24) is 0 Å². The lowest BCUT2D eigenvalue weighted by Gasteiger charge is -2.32. The van der Waals surface area contributed by atoms with E-state index in [9.17, 15) is 10.2 Å². The molecule has 8 aromatic rings. The Kier molecular flexibility index (Phi) is 10.0. The molecule has 0 aromatic heterocycles. The second-order valence-corrected chi connectivity index (χ2v) is 17.4. The SMILES string of the molecule is Cc1ccc(C(O)(c2ccc(C)cc2)c2ccccc2Nc2ccc3c(c2)C(C)(C)c2cc(Nc4ccccc4C(O)(c4ccc(C)cc4)c4ccc(C)cc4)ccc2-3)cc1. The van der Waals surface area contributed by atoms with Crippen molar-refractivity contribution in [3.8, 4) is 11.1 Å². The molecule has 0 atom stereocenters. The number of nitrogens with one attached hydrogen (secondary N) is 2. The van der Waals surface area contributed by atoms with Crippen molar-refractivity contribution >= 4 is 22.7 Å². The van der Waals surface area contributed by atoms with Gasteiger partial charge in [0.15, 0.2) is 0 Å². The maximum absolute atomic E-state index is 12.9. The third-order valence-electron chi connectivity index (χ3n) is 12.7. The molecule has 0 unspecified atom stereocenters. The van der Waals surface area contributed by atoms with Crippen molar-refractivity contribution < 1.29 is 10.2 Å². The summed E-state index contributed by atoms with van der Waals surface area (Å²) in [5.74, 6) is 0. The van der Waals surface area contributed by atoms with Crippen molar-refractivity contribution in [3.05, 3.63) is 249 Å². The predicted octanol–water partition coefficient (Wildman–Crippen LogP) is 13.3. The molecule has 0 fully saturated rings. The molecule has 0 bridgehead atoms. The molecule has 4 nitrogen and oxygen atoms in total. The van der Waals surface area contributed by atoms with Crippen LogP contribution < -0.4 is 10.6 Å². The van der Waals surface area contributed by atoms with Gasteiger partial charge in [0, 0.05) is 39.3 Å². The van der Waals surface area contributed by atoms with Crippen LogP contribution in [0.5, 0.6) is 0 Å². The molecule has 0 spiro atoms. The second kappa shape index (κ2) is 15.4. The smallest absolute Gasteiger partial charge is 0.142 e. The molecule has 0 heterocycles. The summed E-state index contributed by atoms with van der Waals surface area (Å²) in [6.07, 6.45) is 0. The van der Waals surface area contributed by atoms with Crippen molar-refractivity contribution in [2.75, 3.05) is 10.6 Å². The van der Waals surface area contributed by atoms with Gasteiger partial charge in [-0.05, 0) is 109 Å². The Balaban J connectivity index is 1.05. The molecule has 0 radical (unpaired) electrons. The van der Waals surface area contributed by atoms with Gasteiger partial charge in [-0.3, -0.25) is 0 Å². The molecule has 9 rings (SSSR count). The summed E-state index contributed by atoms with van der Waals surface area (Å²) in [7, 11) is 0. The van der Waals surface area contributed by atoms with E-state index in [1.54, 1.807) is 0 Å². The van der Waals surface area contributed by atoms with E-state index in [1.165, 1.54) is 22.3 Å². The molecule has 0 saturated carbocycles. The molecule has 1 aliphatic carbocycles. The van der Waals surface area contributed by atoms with Crippen LogP contribution in [0.4, 0.5) is 22.7 Å². The van der Waals surface area contributed by atoms with E-state index >= 15 is 0 Å². The average Bonchev–Trinajstić information content (AvgIpc) is 3.49. The lowest BCUT2D eigenvalue weighted by atomic mass is 9.79. The first-order chi connectivity index (χ1) is 29.3. The van der Waals surface area contributed by atoms with Gasteiger partial charge in [-0.1, -0.05) is 182 Å². The molecule has 0 amide bonds. The third-order valence-corrected chi connectivity index (χ3v) is 12.7. The van der Waals surface area contributed by atoms with Gasteiger partial charge in [-0.25, -0.2) is 0 Å². The van der Waals surface area contributed by atoms with Gasteiger partial charge in [-0.15, -0.1) is 0 Å². The van der Waals surface area contributed by atoms with Crippen LogP contribution in [0.3, 0.4) is 0 Å². The Labute approximate surface area is 360 Å². The van der Waals surface area contributed by atoms with Gasteiger partial charge in [0.25, 0.3) is 0 Å². The van der Waals surface area contributed by atoms with Crippen molar-refractivity contribution in [2.45, 2.75) is 58.2 Å². The highest BCUT2D eigenvalue weighted by molar-refractivity contribution is 5.85. The minimum atomic E-state index is -1.39. The summed E-state index contributed by atoms with van der Waals surface area (Å²) < 4.78 is 0. The Morgan fingerprint density at radius 3 is 0.984 bits per heavy atom. The van der Waals surface area contributed by atoms with Gasteiger partial charge in [0.05, 0.1) is 0 Å². The highest BCUT2D eigenvalue weighted by Crippen LogP contribution is 2.51. The molecule has 4 N–H and O–H groups in total. The largest absolute Gasteiger partial charge is 0.376 e. The summed E-state index contributed by atoms with van der Waals surface area (Å²) in [6, 6.07) is 62.0. The first-order valence-electron chi connectivity index (χ1n) is 21.1. The summed E-state index contributed by atoms with van der Waals surface area (Å²) in [5.41, 5.74) is 14.7. The van der Waals surface area contributed by atoms with Crippen LogP contribution >= 0.6 is 0 Å².